The number of carbonyl (C=O) groups excluding carboxylic acids is 3. The lowest BCUT2D eigenvalue weighted by molar-refractivity contribution is -0.139. The Bertz CT molecular complexity index is 1940. The van der Waals surface area contributed by atoms with Crippen LogP contribution in [-0.4, -0.2) is 52.5 Å². The van der Waals surface area contributed by atoms with Gasteiger partial charge in [-0.2, -0.15) is 0 Å². The molecule has 0 aromatic heterocycles. The first-order chi connectivity index (χ1) is 22.7. The standard InChI is InChI=1S/C38H35N3O6/c1-24(10-9-17-35(43)40-22-26-12-4-3-11-25(26)20-28(40)23-42)38(46)30-21-27(18-19-31(30)39(2)37(38)45)41-32-14-6-8-16-34(32)47-33-15-7-5-13-29(33)36(41)44/h3-16,18-19,21,24,28,42,46H,17,20,22-23H2,1-2H3/b10-9+/t24-,28+,38+/m1/s1. The third kappa shape index (κ3) is 4.99. The molecule has 47 heavy (non-hydrogen) atoms. The van der Waals surface area contributed by atoms with Gasteiger partial charge in [0, 0.05) is 37.2 Å². The van der Waals surface area contributed by atoms with E-state index in [2.05, 4.69) is 0 Å². The zero-order chi connectivity index (χ0) is 32.9. The van der Waals surface area contributed by atoms with Crippen molar-refractivity contribution < 1.29 is 29.3 Å². The minimum absolute atomic E-state index is 0.0501. The second-order valence-corrected chi connectivity index (χ2v) is 12.3. The molecule has 4 aromatic carbocycles. The summed E-state index contributed by atoms with van der Waals surface area (Å²) in [5.74, 6) is -0.734. The van der Waals surface area contributed by atoms with E-state index in [1.807, 2.05) is 36.4 Å². The van der Waals surface area contributed by atoms with E-state index in [1.165, 1.54) is 9.80 Å². The number of aliphatic hydroxyl groups excluding tert-OH is 1. The second-order valence-electron chi connectivity index (χ2n) is 12.3. The van der Waals surface area contributed by atoms with Gasteiger partial charge in [-0.15, -0.1) is 0 Å². The van der Waals surface area contributed by atoms with Gasteiger partial charge in [0.2, 0.25) is 5.91 Å². The highest BCUT2D eigenvalue weighted by molar-refractivity contribution is 6.15. The monoisotopic (exact) mass is 629 g/mol. The van der Waals surface area contributed by atoms with Gasteiger partial charge in [0.15, 0.2) is 11.4 Å². The molecule has 0 spiro atoms. The van der Waals surface area contributed by atoms with E-state index in [4.69, 9.17) is 4.74 Å². The highest BCUT2D eigenvalue weighted by Gasteiger charge is 2.52. The number of carbonyl (C=O) groups is 3. The van der Waals surface area contributed by atoms with Crippen molar-refractivity contribution in [2.75, 3.05) is 23.5 Å². The third-order valence-electron chi connectivity index (χ3n) is 9.55. The number of anilines is 3. The number of benzene rings is 4. The molecule has 4 aromatic rings. The predicted molar refractivity (Wildman–Crippen MR) is 178 cm³/mol. The molecule has 2 N–H and O–H groups in total. The van der Waals surface area contributed by atoms with Gasteiger partial charge in [-0.25, -0.2) is 0 Å². The van der Waals surface area contributed by atoms with Gasteiger partial charge in [0.05, 0.1) is 29.6 Å². The normalized spacial score (nSPS) is 20.7. The van der Waals surface area contributed by atoms with Crippen LogP contribution in [0.25, 0.3) is 0 Å². The van der Waals surface area contributed by atoms with Crippen LogP contribution >= 0.6 is 0 Å². The second kappa shape index (κ2) is 11.8. The van der Waals surface area contributed by atoms with E-state index < -0.39 is 17.4 Å². The van der Waals surface area contributed by atoms with Crippen molar-refractivity contribution in [2.24, 2.45) is 5.92 Å². The zero-order valence-electron chi connectivity index (χ0n) is 26.2. The van der Waals surface area contributed by atoms with Gasteiger partial charge in [-0.05, 0) is 60.0 Å². The minimum Gasteiger partial charge on any atom is -0.454 e. The molecular weight excluding hydrogens is 594 g/mol. The van der Waals surface area contributed by atoms with Gasteiger partial charge in [0.25, 0.3) is 11.8 Å². The van der Waals surface area contributed by atoms with Crippen LogP contribution < -0.4 is 14.5 Å². The lowest BCUT2D eigenvalue weighted by Gasteiger charge is -2.36. The number of rotatable bonds is 6. The van der Waals surface area contributed by atoms with Crippen LogP contribution in [0, 0.1) is 5.92 Å². The van der Waals surface area contributed by atoms with Crippen molar-refractivity contribution in [3.63, 3.8) is 0 Å². The molecule has 0 aliphatic carbocycles. The smallest absolute Gasteiger partial charge is 0.266 e. The van der Waals surface area contributed by atoms with Crippen LogP contribution in [0.4, 0.5) is 17.1 Å². The maximum atomic E-state index is 14.0. The summed E-state index contributed by atoms with van der Waals surface area (Å²) in [6, 6.07) is 27.0. The first-order valence-electron chi connectivity index (χ1n) is 15.7. The zero-order valence-corrected chi connectivity index (χ0v) is 26.2. The van der Waals surface area contributed by atoms with Crippen LogP contribution in [0.5, 0.6) is 11.5 Å². The number of ether oxygens (including phenoxy) is 1. The fourth-order valence-electron chi connectivity index (χ4n) is 6.92. The van der Waals surface area contributed by atoms with Crippen LogP contribution in [-0.2, 0) is 28.2 Å². The van der Waals surface area contributed by atoms with Crippen molar-refractivity contribution in [1.29, 1.82) is 0 Å². The van der Waals surface area contributed by atoms with E-state index in [0.717, 1.165) is 11.1 Å². The topological polar surface area (TPSA) is 111 Å². The molecule has 238 valence electrons. The first kappa shape index (κ1) is 30.4. The summed E-state index contributed by atoms with van der Waals surface area (Å²) < 4.78 is 6.14. The first-order valence-corrected chi connectivity index (χ1v) is 15.7. The molecule has 0 fully saturated rings. The minimum atomic E-state index is -1.94. The van der Waals surface area contributed by atoms with E-state index in [-0.39, 0.29) is 30.9 Å². The van der Waals surface area contributed by atoms with E-state index >= 15 is 0 Å². The predicted octanol–water partition coefficient (Wildman–Crippen LogP) is 5.46. The molecule has 3 heterocycles. The maximum Gasteiger partial charge on any atom is 0.266 e. The Labute approximate surface area is 272 Å². The van der Waals surface area contributed by atoms with Crippen LogP contribution in [0.3, 0.4) is 0 Å². The molecule has 0 bridgehead atoms. The highest BCUT2D eigenvalue weighted by Crippen LogP contribution is 2.48. The average molecular weight is 630 g/mol. The van der Waals surface area contributed by atoms with Gasteiger partial charge in [-0.1, -0.05) is 67.6 Å². The van der Waals surface area contributed by atoms with Gasteiger partial charge in [-0.3, -0.25) is 19.3 Å². The van der Waals surface area contributed by atoms with Crippen molar-refractivity contribution >= 4 is 34.8 Å². The molecule has 3 aliphatic rings. The number of hydrogen-bond donors (Lipinski definition) is 2. The van der Waals surface area contributed by atoms with Gasteiger partial charge in [0.1, 0.15) is 5.75 Å². The Balaban J connectivity index is 1.18. The van der Waals surface area contributed by atoms with Crippen LogP contribution in [0.2, 0.25) is 0 Å². The molecule has 0 unspecified atom stereocenters. The SMILES string of the molecule is C[C@H](/C=C/CC(=O)N1Cc2ccccc2C[C@H]1CO)[C@@]1(O)C(=O)N(C)c2ccc(N3C(=O)c4ccccc4Oc4ccccc43)cc21. The average Bonchev–Trinajstić information content (AvgIpc) is 3.20. The largest absolute Gasteiger partial charge is 0.454 e. The van der Waals surface area contributed by atoms with Crippen molar-refractivity contribution in [3.8, 4) is 11.5 Å². The lowest BCUT2D eigenvalue weighted by Crippen LogP contribution is -2.46. The number of para-hydroxylation sites is 3. The Morgan fingerprint density at radius 3 is 2.45 bits per heavy atom. The number of nitrogens with zero attached hydrogens (tertiary/aromatic N) is 3. The van der Waals surface area contributed by atoms with Gasteiger partial charge < -0.3 is 24.7 Å². The molecule has 3 aliphatic heterocycles. The van der Waals surface area contributed by atoms with Crippen molar-refractivity contribution in [2.45, 2.75) is 38.0 Å². The number of likely N-dealkylation sites (N-methyl/N-ethyl adjacent to an activating group) is 1. The van der Waals surface area contributed by atoms with Crippen LogP contribution in [0.15, 0.2) is 103 Å². The molecule has 0 radical (unpaired) electrons. The highest BCUT2D eigenvalue weighted by atomic mass is 16.5. The number of fused-ring (bicyclic) bond motifs is 4. The Morgan fingerprint density at radius 1 is 0.957 bits per heavy atom. The molecule has 0 saturated heterocycles. The molecule has 3 amide bonds. The molecule has 7 rings (SSSR count). The number of aliphatic hydroxyl groups is 2. The van der Waals surface area contributed by atoms with E-state index in [1.54, 1.807) is 85.6 Å². The summed E-state index contributed by atoms with van der Waals surface area (Å²) in [5.41, 5.74) is 2.52. The quantitative estimate of drug-likeness (QED) is 0.274. The molecule has 0 saturated carbocycles. The Hall–Kier alpha value is -5.25. The van der Waals surface area contributed by atoms with E-state index in [9.17, 15) is 24.6 Å². The summed E-state index contributed by atoms with van der Waals surface area (Å²) >= 11 is 0. The molecule has 3 atom stereocenters. The molecule has 9 nitrogen and oxygen atoms in total. The lowest BCUT2D eigenvalue weighted by atomic mass is 9.82. The third-order valence-corrected chi connectivity index (χ3v) is 9.55. The summed E-state index contributed by atoms with van der Waals surface area (Å²) in [4.78, 5) is 45.7. The van der Waals surface area contributed by atoms with Gasteiger partial charge >= 0.3 is 0 Å². The van der Waals surface area contributed by atoms with Crippen LogP contribution in [0.1, 0.15) is 40.4 Å². The number of amides is 3. The number of hydrogen-bond acceptors (Lipinski definition) is 6. The van der Waals surface area contributed by atoms with Crippen molar-refractivity contribution in [3.05, 3.63) is 125 Å². The van der Waals surface area contributed by atoms with E-state index in [0.29, 0.717) is 52.7 Å². The summed E-state index contributed by atoms with van der Waals surface area (Å²) in [5, 5.41) is 22.2. The summed E-state index contributed by atoms with van der Waals surface area (Å²) in [7, 11) is 1.61. The maximum absolute atomic E-state index is 14.0. The Morgan fingerprint density at radius 2 is 1.66 bits per heavy atom. The fourth-order valence-corrected chi connectivity index (χ4v) is 6.92. The van der Waals surface area contributed by atoms with Crippen molar-refractivity contribution in [1.82, 2.24) is 4.90 Å². The molecular formula is C38H35N3O6. The Kier molecular flexibility index (Phi) is 7.66. The fraction of sp³-hybridized carbons (Fsp3) is 0.237. The molecule has 9 heteroatoms. The summed E-state index contributed by atoms with van der Waals surface area (Å²) in [6.07, 6.45) is 4.00. The summed E-state index contributed by atoms with van der Waals surface area (Å²) in [6.45, 7) is 2.01.